The van der Waals surface area contributed by atoms with Crippen LogP contribution in [0.3, 0.4) is 0 Å². The average Bonchev–Trinajstić information content (AvgIpc) is 3.44. The number of aryl methyl sites for hydroxylation is 1. The predicted molar refractivity (Wildman–Crippen MR) is 106 cm³/mol. The number of halogens is 1. The summed E-state index contributed by atoms with van der Waals surface area (Å²) in [7, 11) is 0. The van der Waals surface area contributed by atoms with Crippen LogP contribution in [0, 0.1) is 5.82 Å². The van der Waals surface area contributed by atoms with Crippen molar-refractivity contribution >= 4 is 11.6 Å². The Kier molecular flexibility index (Phi) is 6.08. The highest BCUT2D eigenvalue weighted by Crippen LogP contribution is 2.30. The monoisotopic (exact) mass is 402 g/mol. The minimum atomic E-state index is -0.385. The van der Waals surface area contributed by atoms with Crippen LogP contribution in [0.15, 0.2) is 22.7 Å². The molecular weight excluding hydrogens is 375 g/mol. The van der Waals surface area contributed by atoms with Gasteiger partial charge in [0.1, 0.15) is 11.9 Å². The van der Waals surface area contributed by atoms with Crippen molar-refractivity contribution in [2.24, 2.45) is 0 Å². The van der Waals surface area contributed by atoms with Gasteiger partial charge in [0, 0.05) is 31.7 Å². The molecule has 2 saturated heterocycles. The minimum absolute atomic E-state index is 0.0607. The molecule has 2 aliphatic rings. The van der Waals surface area contributed by atoms with Gasteiger partial charge >= 0.3 is 0 Å². The molecule has 0 bridgehead atoms. The molecule has 0 saturated carbocycles. The molecule has 3 heterocycles. The Bertz CT molecular complexity index is 850. The number of hydrogen-bond donors (Lipinski definition) is 1. The lowest BCUT2D eigenvalue weighted by Crippen LogP contribution is -2.51. The molecule has 1 amide bonds. The van der Waals surface area contributed by atoms with Gasteiger partial charge in [0.05, 0.1) is 11.8 Å². The molecule has 0 radical (unpaired) electrons. The molecule has 29 heavy (non-hydrogen) atoms. The highest BCUT2D eigenvalue weighted by molar-refractivity contribution is 5.85. The maximum atomic E-state index is 15.0. The van der Waals surface area contributed by atoms with E-state index in [1.54, 1.807) is 12.1 Å². The van der Waals surface area contributed by atoms with E-state index in [2.05, 4.69) is 15.5 Å². The van der Waals surface area contributed by atoms with Gasteiger partial charge < -0.3 is 19.5 Å². The van der Waals surface area contributed by atoms with Gasteiger partial charge in [0.25, 0.3) is 0 Å². The van der Waals surface area contributed by atoms with E-state index < -0.39 is 0 Å². The Morgan fingerprint density at radius 3 is 2.93 bits per heavy atom. The highest BCUT2D eigenvalue weighted by Gasteiger charge is 2.31. The largest absolute Gasteiger partial charge is 0.376 e. The lowest BCUT2D eigenvalue weighted by atomic mass is 9.99. The fourth-order valence-electron chi connectivity index (χ4n) is 4.02. The number of hydrogen-bond acceptors (Lipinski definition) is 6. The van der Waals surface area contributed by atoms with Crippen LogP contribution in [0.25, 0.3) is 11.4 Å². The van der Waals surface area contributed by atoms with Gasteiger partial charge in [-0.3, -0.25) is 4.79 Å². The summed E-state index contributed by atoms with van der Waals surface area (Å²) in [6, 6.07) is 4.52. The van der Waals surface area contributed by atoms with Gasteiger partial charge in [0.2, 0.25) is 17.6 Å². The summed E-state index contributed by atoms with van der Waals surface area (Å²) in [4.78, 5) is 18.9. The lowest BCUT2D eigenvalue weighted by molar-refractivity contribution is -0.123. The van der Waals surface area contributed by atoms with Crippen LogP contribution in [-0.4, -0.2) is 47.9 Å². The first-order chi connectivity index (χ1) is 14.2. The summed E-state index contributed by atoms with van der Waals surface area (Å²) in [5.74, 6) is 0.443. The molecular formula is C21H27FN4O3. The van der Waals surface area contributed by atoms with Gasteiger partial charge in [-0.1, -0.05) is 12.1 Å². The van der Waals surface area contributed by atoms with Gasteiger partial charge in [-0.25, -0.2) is 4.39 Å². The van der Waals surface area contributed by atoms with E-state index >= 15 is 0 Å². The third-order valence-electron chi connectivity index (χ3n) is 5.62. The first-order valence-electron chi connectivity index (χ1n) is 10.4. The van der Waals surface area contributed by atoms with Gasteiger partial charge in [0.15, 0.2) is 0 Å². The second-order valence-corrected chi connectivity index (χ2v) is 7.62. The molecule has 2 aromatic rings. The molecule has 2 unspecified atom stereocenters. The van der Waals surface area contributed by atoms with Gasteiger partial charge in [-0.15, -0.1) is 0 Å². The summed E-state index contributed by atoms with van der Waals surface area (Å²) in [6.45, 7) is 3.84. The summed E-state index contributed by atoms with van der Waals surface area (Å²) >= 11 is 0. The second kappa shape index (κ2) is 8.90. The van der Waals surface area contributed by atoms with E-state index in [1.807, 2.05) is 11.8 Å². The normalized spacial score (nSPS) is 22.1. The van der Waals surface area contributed by atoms with E-state index in [-0.39, 0.29) is 23.9 Å². The van der Waals surface area contributed by atoms with Crippen molar-refractivity contribution in [3.8, 4) is 11.4 Å². The molecule has 8 heteroatoms. The average molecular weight is 402 g/mol. The van der Waals surface area contributed by atoms with Crippen LogP contribution < -0.4 is 10.2 Å². The van der Waals surface area contributed by atoms with E-state index in [1.165, 1.54) is 6.07 Å². The van der Waals surface area contributed by atoms with Crippen molar-refractivity contribution < 1.29 is 18.4 Å². The predicted octanol–water partition coefficient (Wildman–Crippen LogP) is 3.09. The summed E-state index contributed by atoms with van der Waals surface area (Å²) < 4.78 is 25.7. The summed E-state index contributed by atoms with van der Waals surface area (Å²) in [6.07, 6.45) is 5.33. The molecule has 1 aromatic carbocycles. The number of aromatic nitrogens is 2. The number of piperidine rings is 1. The SMILES string of the molecule is CCc1nc(-c2ccc(N3CCCCC3C(=O)NCC3CCCO3)c(F)c2)no1. The van der Waals surface area contributed by atoms with Gasteiger partial charge in [-0.2, -0.15) is 4.98 Å². The zero-order valence-electron chi connectivity index (χ0n) is 16.7. The van der Waals surface area contributed by atoms with E-state index in [4.69, 9.17) is 9.26 Å². The standard InChI is InChI=1S/C21H27FN4O3/c1-2-19-24-20(25-29-19)14-8-9-17(16(22)12-14)26-10-4-3-7-18(26)21(27)23-13-15-6-5-11-28-15/h8-9,12,15,18H,2-7,10-11,13H2,1H3,(H,23,27). The van der Waals surface area contributed by atoms with Crippen molar-refractivity contribution in [2.45, 2.75) is 57.6 Å². The second-order valence-electron chi connectivity index (χ2n) is 7.62. The highest BCUT2D eigenvalue weighted by atomic mass is 19.1. The summed E-state index contributed by atoms with van der Waals surface area (Å²) in [5, 5.41) is 6.90. The zero-order valence-corrected chi connectivity index (χ0v) is 16.7. The van der Waals surface area contributed by atoms with Crippen LogP contribution in [-0.2, 0) is 16.0 Å². The molecule has 156 valence electrons. The molecule has 7 nitrogen and oxygen atoms in total. The maximum absolute atomic E-state index is 15.0. The molecule has 4 rings (SSSR count). The number of carbonyl (C=O) groups is 1. The maximum Gasteiger partial charge on any atom is 0.242 e. The Morgan fingerprint density at radius 1 is 1.31 bits per heavy atom. The van der Waals surface area contributed by atoms with Crippen molar-refractivity contribution in [2.75, 3.05) is 24.6 Å². The van der Waals surface area contributed by atoms with Crippen molar-refractivity contribution in [1.29, 1.82) is 0 Å². The zero-order chi connectivity index (χ0) is 20.2. The topological polar surface area (TPSA) is 80.5 Å². The Labute approximate surface area is 169 Å². The van der Waals surface area contributed by atoms with Crippen LogP contribution in [0.2, 0.25) is 0 Å². The molecule has 1 aromatic heterocycles. The van der Waals surface area contributed by atoms with Crippen molar-refractivity contribution in [3.63, 3.8) is 0 Å². The van der Waals surface area contributed by atoms with Crippen LogP contribution in [0.4, 0.5) is 10.1 Å². The Hall–Kier alpha value is -2.48. The Morgan fingerprint density at radius 2 is 2.21 bits per heavy atom. The minimum Gasteiger partial charge on any atom is -0.376 e. The first kappa shape index (κ1) is 19.8. The van der Waals surface area contributed by atoms with E-state index in [0.717, 1.165) is 32.3 Å². The molecule has 2 aliphatic heterocycles. The number of nitrogens with one attached hydrogen (secondary N) is 1. The molecule has 2 fully saturated rings. The number of anilines is 1. The van der Waals surface area contributed by atoms with Crippen LogP contribution in [0.1, 0.15) is 44.9 Å². The molecule has 1 N–H and O–H groups in total. The fourth-order valence-corrected chi connectivity index (χ4v) is 4.02. The van der Waals surface area contributed by atoms with Crippen LogP contribution >= 0.6 is 0 Å². The quantitative estimate of drug-likeness (QED) is 0.800. The number of ether oxygens (including phenoxy) is 1. The van der Waals surface area contributed by atoms with Gasteiger partial charge in [-0.05, 0) is 50.3 Å². The third-order valence-corrected chi connectivity index (χ3v) is 5.62. The number of carbonyl (C=O) groups excluding carboxylic acids is 1. The van der Waals surface area contributed by atoms with E-state index in [9.17, 15) is 9.18 Å². The molecule has 0 aliphatic carbocycles. The lowest BCUT2D eigenvalue weighted by Gasteiger charge is -2.36. The van der Waals surface area contributed by atoms with E-state index in [0.29, 0.717) is 48.9 Å². The number of amides is 1. The molecule has 2 atom stereocenters. The van der Waals surface area contributed by atoms with Crippen molar-refractivity contribution in [3.05, 3.63) is 29.9 Å². The van der Waals surface area contributed by atoms with Crippen molar-refractivity contribution in [1.82, 2.24) is 15.5 Å². The Balaban J connectivity index is 1.49. The third kappa shape index (κ3) is 4.42. The smallest absolute Gasteiger partial charge is 0.242 e. The summed E-state index contributed by atoms with van der Waals surface area (Å²) in [5.41, 5.74) is 0.996. The fraction of sp³-hybridized carbons (Fsp3) is 0.571. The first-order valence-corrected chi connectivity index (χ1v) is 10.4. The molecule has 0 spiro atoms. The number of nitrogens with zero attached hydrogens (tertiary/aromatic N) is 3. The number of benzene rings is 1. The number of rotatable bonds is 6. The van der Waals surface area contributed by atoms with Crippen LogP contribution in [0.5, 0.6) is 0 Å².